The molecular weight excluding hydrogens is 521 g/mol. The van der Waals surface area contributed by atoms with Gasteiger partial charge in [-0.1, -0.05) is 24.3 Å². The quantitative estimate of drug-likeness (QED) is 0.193. The molecule has 2 amide bonds. The number of amides is 2. The van der Waals surface area contributed by atoms with Crippen LogP contribution >= 0.6 is 0 Å². The maximum absolute atomic E-state index is 13.2. The number of hydrogen-bond acceptors (Lipinski definition) is 4. The van der Waals surface area contributed by atoms with Gasteiger partial charge in [-0.15, -0.1) is 0 Å². The number of alkyl halides is 7. The number of hydrogen-bond donors (Lipinski definition) is 2. The smallest absolute Gasteiger partial charge is 0.428 e. The first-order chi connectivity index (χ1) is 17.9. The molecule has 3 aromatic rings. The van der Waals surface area contributed by atoms with Gasteiger partial charge in [-0.3, -0.25) is 0 Å². The van der Waals surface area contributed by atoms with E-state index in [1.54, 1.807) is 12.1 Å². The molecule has 2 N–H and O–H groups in total. The molecule has 0 radical (unpaired) electrons. The molecule has 0 saturated heterocycles. The Morgan fingerprint density at radius 1 is 0.974 bits per heavy atom. The lowest BCUT2D eigenvalue weighted by Crippen LogP contribution is -2.33. The summed E-state index contributed by atoms with van der Waals surface area (Å²) in [6.07, 6.45) is -13.4. The molecule has 0 heterocycles. The summed E-state index contributed by atoms with van der Waals surface area (Å²) in [4.78, 5) is 12.3. The number of ether oxygens (including phenoxy) is 1. The molecule has 0 saturated carbocycles. The lowest BCUT2D eigenvalue weighted by molar-refractivity contribution is -0.253. The van der Waals surface area contributed by atoms with Crippen LogP contribution in [0.3, 0.4) is 0 Å². The van der Waals surface area contributed by atoms with E-state index < -0.39 is 36.1 Å². The standard InChI is InChI=1S/C25H17F7N4O2/c26-22(27)25(31,32)38-20-10-8-19(9-11-20)34-23(37)36-35-21(12-15-4-6-16(14-33)7-5-15)17-2-1-3-18(13-17)24(28,29)30/h1-11,13,22H,12H2,(H2,34,36,37). The number of halogens is 7. The number of carbonyl (C=O) groups is 1. The Labute approximate surface area is 211 Å². The molecule has 0 fully saturated rings. The Balaban J connectivity index is 1.77. The average molecular weight is 538 g/mol. The highest BCUT2D eigenvalue weighted by molar-refractivity contribution is 6.03. The Morgan fingerprint density at radius 2 is 1.63 bits per heavy atom. The third-order valence-corrected chi connectivity index (χ3v) is 4.89. The molecule has 0 unspecified atom stereocenters. The Bertz CT molecular complexity index is 1330. The predicted molar refractivity (Wildman–Crippen MR) is 123 cm³/mol. The van der Waals surface area contributed by atoms with Crippen molar-refractivity contribution in [3.05, 3.63) is 95.1 Å². The third kappa shape index (κ3) is 7.70. The Hall–Kier alpha value is -4.60. The monoisotopic (exact) mass is 538 g/mol. The van der Waals surface area contributed by atoms with Gasteiger partial charge in [0, 0.05) is 12.1 Å². The zero-order valence-corrected chi connectivity index (χ0v) is 19.1. The molecule has 0 aliphatic heterocycles. The largest absolute Gasteiger partial charge is 0.461 e. The van der Waals surface area contributed by atoms with Crippen LogP contribution in [0.4, 0.5) is 41.2 Å². The van der Waals surface area contributed by atoms with Gasteiger partial charge in [-0.05, 0) is 59.7 Å². The first-order valence-corrected chi connectivity index (χ1v) is 10.6. The van der Waals surface area contributed by atoms with E-state index in [2.05, 4.69) is 20.6 Å². The molecule has 0 aromatic heterocycles. The molecule has 3 rings (SSSR count). The molecule has 0 bridgehead atoms. The number of benzene rings is 3. The van der Waals surface area contributed by atoms with E-state index in [-0.39, 0.29) is 23.4 Å². The number of carbonyl (C=O) groups excluding carboxylic acids is 1. The van der Waals surface area contributed by atoms with Crippen molar-refractivity contribution in [1.82, 2.24) is 5.43 Å². The number of rotatable bonds is 8. The third-order valence-electron chi connectivity index (χ3n) is 4.89. The maximum atomic E-state index is 13.2. The minimum Gasteiger partial charge on any atom is -0.428 e. The van der Waals surface area contributed by atoms with Crippen LogP contribution < -0.4 is 15.5 Å². The average Bonchev–Trinajstić information content (AvgIpc) is 2.87. The van der Waals surface area contributed by atoms with Crippen molar-refractivity contribution < 1.29 is 40.3 Å². The van der Waals surface area contributed by atoms with Crippen LogP contribution in [0.25, 0.3) is 0 Å². The number of nitriles is 1. The number of nitrogens with zero attached hydrogens (tertiary/aromatic N) is 2. The summed E-state index contributed by atoms with van der Waals surface area (Å²) >= 11 is 0. The molecule has 6 nitrogen and oxygen atoms in total. The van der Waals surface area contributed by atoms with Crippen molar-refractivity contribution in [2.75, 3.05) is 5.32 Å². The highest BCUT2D eigenvalue weighted by Crippen LogP contribution is 2.30. The zero-order chi connectivity index (χ0) is 27.9. The highest BCUT2D eigenvalue weighted by Gasteiger charge is 2.43. The zero-order valence-electron chi connectivity index (χ0n) is 19.1. The normalized spacial score (nSPS) is 12.1. The van der Waals surface area contributed by atoms with E-state index in [4.69, 9.17) is 5.26 Å². The first kappa shape index (κ1) is 28.0. The van der Waals surface area contributed by atoms with Crippen LogP contribution in [0.5, 0.6) is 5.75 Å². The Kier molecular flexibility index (Phi) is 8.57. The second kappa shape index (κ2) is 11.6. The maximum Gasteiger partial charge on any atom is 0.461 e. The van der Waals surface area contributed by atoms with E-state index in [1.165, 1.54) is 24.3 Å². The van der Waals surface area contributed by atoms with Crippen molar-refractivity contribution in [2.45, 2.75) is 25.1 Å². The van der Waals surface area contributed by atoms with Crippen molar-refractivity contribution in [2.24, 2.45) is 5.10 Å². The summed E-state index contributed by atoms with van der Waals surface area (Å²) in [7, 11) is 0. The van der Waals surface area contributed by atoms with Crippen LogP contribution in [0.15, 0.2) is 77.9 Å². The van der Waals surface area contributed by atoms with E-state index in [9.17, 15) is 35.5 Å². The van der Waals surface area contributed by atoms with Gasteiger partial charge >= 0.3 is 24.7 Å². The van der Waals surface area contributed by atoms with Gasteiger partial charge in [-0.2, -0.15) is 41.1 Å². The highest BCUT2D eigenvalue weighted by atomic mass is 19.4. The minimum absolute atomic E-state index is 0.00230. The number of urea groups is 1. The summed E-state index contributed by atoms with van der Waals surface area (Å²) < 4.78 is 94.1. The van der Waals surface area contributed by atoms with Crippen LogP contribution in [0.2, 0.25) is 0 Å². The summed E-state index contributed by atoms with van der Waals surface area (Å²) in [5.74, 6) is -0.575. The number of anilines is 1. The van der Waals surface area contributed by atoms with Gasteiger partial charge in [0.2, 0.25) is 0 Å². The van der Waals surface area contributed by atoms with Crippen LogP contribution in [0.1, 0.15) is 22.3 Å². The van der Waals surface area contributed by atoms with E-state index >= 15 is 0 Å². The fourth-order valence-electron chi connectivity index (χ4n) is 3.06. The van der Waals surface area contributed by atoms with Gasteiger partial charge in [0.1, 0.15) is 5.75 Å². The van der Waals surface area contributed by atoms with E-state index in [0.717, 1.165) is 36.4 Å². The van der Waals surface area contributed by atoms with Gasteiger partial charge in [-0.25, -0.2) is 10.2 Å². The van der Waals surface area contributed by atoms with Crippen molar-refractivity contribution in [1.29, 1.82) is 5.26 Å². The van der Waals surface area contributed by atoms with Crippen molar-refractivity contribution >= 4 is 17.4 Å². The molecule has 0 aliphatic carbocycles. The molecule has 3 aromatic carbocycles. The van der Waals surface area contributed by atoms with Crippen molar-refractivity contribution in [3.63, 3.8) is 0 Å². The van der Waals surface area contributed by atoms with E-state index in [0.29, 0.717) is 11.1 Å². The summed E-state index contributed by atoms with van der Waals surface area (Å²) in [5.41, 5.74) is 2.39. The van der Waals surface area contributed by atoms with E-state index in [1.807, 2.05) is 6.07 Å². The summed E-state index contributed by atoms with van der Waals surface area (Å²) in [6.45, 7) is 0. The van der Waals surface area contributed by atoms with Gasteiger partial charge in [0.25, 0.3) is 0 Å². The molecule has 0 atom stereocenters. The molecule has 0 aliphatic rings. The van der Waals surface area contributed by atoms with Crippen molar-refractivity contribution in [3.8, 4) is 11.8 Å². The molecule has 38 heavy (non-hydrogen) atoms. The first-order valence-electron chi connectivity index (χ1n) is 10.6. The molecule has 0 spiro atoms. The van der Waals surface area contributed by atoms with Crippen LogP contribution in [-0.4, -0.2) is 24.3 Å². The van der Waals surface area contributed by atoms with Gasteiger partial charge in [0.15, 0.2) is 0 Å². The number of nitrogens with one attached hydrogen (secondary N) is 2. The summed E-state index contributed by atoms with van der Waals surface area (Å²) in [6, 6.07) is 15.6. The minimum atomic E-state index is -4.70. The predicted octanol–water partition coefficient (Wildman–Crippen LogP) is 6.58. The van der Waals surface area contributed by atoms with Crippen LogP contribution in [0, 0.1) is 11.3 Å². The molecule has 198 valence electrons. The van der Waals surface area contributed by atoms with Crippen LogP contribution in [-0.2, 0) is 12.6 Å². The second-order valence-corrected chi connectivity index (χ2v) is 7.68. The Morgan fingerprint density at radius 3 is 2.21 bits per heavy atom. The fraction of sp³-hybridized carbons (Fsp3) is 0.160. The van der Waals surface area contributed by atoms with Gasteiger partial charge < -0.3 is 10.1 Å². The number of hydrazone groups is 1. The molecular formula is C25H17F7N4O2. The lowest BCUT2D eigenvalue weighted by Gasteiger charge is -2.16. The second-order valence-electron chi connectivity index (χ2n) is 7.68. The molecule has 13 heteroatoms. The topological polar surface area (TPSA) is 86.5 Å². The fourth-order valence-corrected chi connectivity index (χ4v) is 3.06. The lowest BCUT2D eigenvalue weighted by atomic mass is 9.99. The summed E-state index contributed by atoms with van der Waals surface area (Å²) in [5, 5.41) is 15.2. The SMILES string of the molecule is N#Cc1ccc(CC(=NNC(=O)Nc2ccc(OC(F)(F)C(F)F)cc2)c2cccc(C(F)(F)F)c2)cc1. The van der Waals surface area contributed by atoms with Gasteiger partial charge in [0.05, 0.1) is 22.9 Å².